The molecule has 1 rings (SSSR count). The second kappa shape index (κ2) is 4.53. The third-order valence-corrected chi connectivity index (χ3v) is 3.28. The van der Waals surface area contributed by atoms with E-state index in [0.717, 1.165) is 3.92 Å². The van der Waals surface area contributed by atoms with E-state index in [4.69, 9.17) is 0 Å². The molecule has 1 fully saturated rings. The topological polar surface area (TPSA) is 0 Å². The SMILES string of the molecule is IC1CCCCCCC1. The van der Waals surface area contributed by atoms with Crippen molar-refractivity contribution in [2.24, 2.45) is 0 Å². The minimum absolute atomic E-state index is 0.989. The van der Waals surface area contributed by atoms with Crippen LogP contribution in [0.5, 0.6) is 0 Å². The molecule has 1 aliphatic rings. The van der Waals surface area contributed by atoms with Crippen molar-refractivity contribution in [2.75, 3.05) is 0 Å². The minimum atomic E-state index is 0.989. The highest BCUT2D eigenvalue weighted by Crippen LogP contribution is 2.22. The fraction of sp³-hybridized carbons (Fsp3) is 1.00. The third-order valence-electron chi connectivity index (χ3n) is 2.03. The highest BCUT2D eigenvalue weighted by atomic mass is 127. The maximum absolute atomic E-state index is 2.60. The summed E-state index contributed by atoms with van der Waals surface area (Å²) < 4.78 is 0.989. The number of hydrogen-bond acceptors (Lipinski definition) is 0. The van der Waals surface area contributed by atoms with Crippen LogP contribution in [0.1, 0.15) is 44.9 Å². The van der Waals surface area contributed by atoms with Gasteiger partial charge in [-0.2, -0.15) is 0 Å². The van der Waals surface area contributed by atoms with Gasteiger partial charge in [-0.1, -0.05) is 54.7 Å². The maximum atomic E-state index is 2.60. The Balaban J connectivity index is 2.12. The third kappa shape index (κ3) is 3.43. The molecule has 1 saturated carbocycles. The first-order chi connectivity index (χ1) is 4.39. The van der Waals surface area contributed by atoms with E-state index in [2.05, 4.69) is 22.6 Å². The molecule has 0 aromatic rings. The molecular formula is C8H15I. The highest BCUT2D eigenvalue weighted by molar-refractivity contribution is 14.1. The zero-order valence-corrected chi connectivity index (χ0v) is 8.06. The van der Waals surface area contributed by atoms with Crippen molar-refractivity contribution >= 4 is 22.6 Å². The Morgan fingerprint density at radius 3 is 1.78 bits per heavy atom. The van der Waals surface area contributed by atoms with Crippen LogP contribution >= 0.6 is 22.6 Å². The van der Waals surface area contributed by atoms with Gasteiger partial charge >= 0.3 is 0 Å². The van der Waals surface area contributed by atoms with Gasteiger partial charge in [0.15, 0.2) is 0 Å². The number of halogens is 1. The van der Waals surface area contributed by atoms with E-state index in [9.17, 15) is 0 Å². The summed E-state index contributed by atoms with van der Waals surface area (Å²) in [5.74, 6) is 0. The standard InChI is InChI=1S/C8H15I/c9-8-6-4-2-1-3-5-7-8/h8H,1-7H2. The van der Waals surface area contributed by atoms with Gasteiger partial charge in [-0.3, -0.25) is 0 Å². The molecule has 0 heterocycles. The van der Waals surface area contributed by atoms with Gasteiger partial charge in [-0.05, 0) is 12.8 Å². The Hall–Kier alpha value is 0.730. The van der Waals surface area contributed by atoms with Gasteiger partial charge in [0.05, 0.1) is 0 Å². The van der Waals surface area contributed by atoms with Gasteiger partial charge in [0.1, 0.15) is 0 Å². The van der Waals surface area contributed by atoms with Gasteiger partial charge < -0.3 is 0 Å². The van der Waals surface area contributed by atoms with Crippen LogP contribution in [0.25, 0.3) is 0 Å². The van der Waals surface area contributed by atoms with Gasteiger partial charge in [-0.15, -0.1) is 0 Å². The summed E-state index contributed by atoms with van der Waals surface area (Å²) in [6.45, 7) is 0. The molecule has 1 aliphatic carbocycles. The van der Waals surface area contributed by atoms with Crippen LogP contribution in [0.15, 0.2) is 0 Å². The molecule has 0 radical (unpaired) electrons. The first kappa shape index (κ1) is 7.83. The Morgan fingerprint density at radius 2 is 1.22 bits per heavy atom. The molecule has 0 bridgehead atoms. The van der Waals surface area contributed by atoms with E-state index < -0.39 is 0 Å². The molecule has 1 heteroatoms. The molecule has 0 atom stereocenters. The first-order valence-electron chi connectivity index (χ1n) is 4.03. The van der Waals surface area contributed by atoms with Crippen molar-refractivity contribution in [1.82, 2.24) is 0 Å². The summed E-state index contributed by atoms with van der Waals surface area (Å²) in [6.07, 6.45) is 10.4. The number of hydrogen-bond donors (Lipinski definition) is 0. The molecule has 0 N–H and O–H groups in total. The monoisotopic (exact) mass is 238 g/mol. The van der Waals surface area contributed by atoms with Crippen molar-refractivity contribution in [2.45, 2.75) is 48.9 Å². The molecule has 0 unspecified atom stereocenters. The molecule has 0 aromatic carbocycles. The lowest BCUT2D eigenvalue weighted by molar-refractivity contribution is 0.521. The van der Waals surface area contributed by atoms with E-state index in [-0.39, 0.29) is 0 Å². The smallest absolute Gasteiger partial charge is 0.0110 e. The van der Waals surface area contributed by atoms with E-state index in [1.807, 2.05) is 0 Å². The van der Waals surface area contributed by atoms with Crippen LogP contribution in [0.3, 0.4) is 0 Å². The average molecular weight is 238 g/mol. The van der Waals surface area contributed by atoms with Crippen LogP contribution < -0.4 is 0 Å². The van der Waals surface area contributed by atoms with Gasteiger partial charge in [0.2, 0.25) is 0 Å². The molecule has 0 saturated heterocycles. The largest absolute Gasteiger partial charge is 0.0826 e. The van der Waals surface area contributed by atoms with E-state index in [1.165, 1.54) is 44.9 Å². The molecular weight excluding hydrogens is 223 g/mol. The normalized spacial score (nSPS) is 25.0. The second-order valence-electron chi connectivity index (χ2n) is 2.94. The van der Waals surface area contributed by atoms with Gasteiger partial charge in [-0.25, -0.2) is 0 Å². The van der Waals surface area contributed by atoms with Crippen LogP contribution in [-0.4, -0.2) is 3.92 Å². The Morgan fingerprint density at radius 1 is 0.778 bits per heavy atom. The van der Waals surface area contributed by atoms with Crippen molar-refractivity contribution in [3.8, 4) is 0 Å². The van der Waals surface area contributed by atoms with Crippen molar-refractivity contribution in [3.05, 3.63) is 0 Å². The predicted octanol–water partition coefficient (Wildman–Crippen LogP) is 3.53. The molecule has 54 valence electrons. The zero-order valence-electron chi connectivity index (χ0n) is 5.91. The van der Waals surface area contributed by atoms with Crippen LogP contribution in [0.4, 0.5) is 0 Å². The van der Waals surface area contributed by atoms with Crippen molar-refractivity contribution < 1.29 is 0 Å². The van der Waals surface area contributed by atoms with Crippen LogP contribution in [-0.2, 0) is 0 Å². The number of rotatable bonds is 0. The zero-order chi connectivity index (χ0) is 6.53. The van der Waals surface area contributed by atoms with Gasteiger partial charge in [0.25, 0.3) is 0 Å². The van der Waals surface area contributed by atoms with E-state index >= 15 is 0 Å². The molecule has 9 heavy (non-hydrogen) atoms. The lowest BCUT2D eigenvalue weighted by atomic mass is 10.0. The minimum Gasteiger partial charge on any atom is -0.0826 e. The maximum Gasteiger partial charge on any atom is 0.0110 e. The molecule has 0 aromatic heterocycles. The molecule has 0 spiro atoms. The van der Waals surface area contributed by atoms with Crippen LogP contribution in [0.2, 0.25) is 0 Å². The summed E-state index contributed by atoms with van der Waals surface area (Å²) in [5, 5.41) is 0. The Labute approximate surface area is 71.5 Å². The Kier molecular flexibility index (Phi) is 3.94. The second-order valence-corrected chi connectivity index (χ2v) is 4.70. The fourth-order valence-electron chi connectivity index (χ4n) is 1.41. The molecule has 0 aliphatic heterocycles. The summed E-state index contributed by atoms with van der Waals surface area (Å²) in [5.41, 5.74) is 0. The van der Waals surface area contributed by atoms with Crippen LogP contribution in [0, 0.1) is 0 Å². The summed E-state index contributed by atoms with van der Waals surface area (Å²) in [7, 11) is 0. The Bertz CT molecular complexity index is 63.0. The predicted molar refractivity (Wildman–Crippen MR) is 50.1 cm³/mol. The average Bonchev–Trinajstić information content (AvgIpc) is 1.79. The molecule has 0 amide bonds. The fourth-order valence-corrected chi connectivity index (χ4v) is 2.29. The summed E-state index contributed by atoms with van der Waals surface area (Å²) in [6, 6.07) is 0. The lowest BCUT2D eigenvalue weighted by Crippen LogP contribution is -2.00. The highest BCUT2D eigenvalue weighted by Gasteiger charge is 2.05. The van der Waals surface area contributed by atoms with Crippen molar-refractivity contribution in [1.29, 1.82) is 0 Å². The lowest BCUT2D eigenvalue weighted by Gasteiger charge is -2.12. The number of alkyl halides is 1. The van der Waals surface area contributed by atoms with E-state index in [0.29, 0.717) is 0 Å². The summed E-state index contributed by atoms with van der Waals surface area (Å²) >= 11 is 2.60. The molecule has 0 nitrogen and oxygen atoms in total. The first-order valence-corrected chi connectivity index (χ1v) is 5.28. The summed E-state index contributed by atoms with van der Waals surface area (Å²) in [4.78, 5) is 0. The quantitative estimate of drug-likeness (QED) is 0.447. The van der Waals surface area contributed by atoms with E-state index in [1.54, 1.807) is 0 Å². The van der Waals surface area contributed by atoms with Gasteiger partial charge in [0, 0.05) is 3.92 Å². The van der Waals surface area contributed by atoms with Crippen molar-refractivity contribution in [3.63, 3.8) is 0 Å².